The first-order chi connectivity index (χ1) is 11.1. The number of aryl methyl sites for hydroxylation is 1. The van der Waals surface area contributed by atoms with E-state index in [1.54, 1.807) is 17.2 Å². The molecule has 0 N–H and O–H groups in total. The smallest absolute Gasteiger partial charge is 0.222 e. The molecule has 0 spiro atoms. The summed E-state index contributed by atoms with van der Waals surface area (Å²) in [5, 5.41) is 0. The normalized spacial score (nSPS) is 17.5. The number of hydrogen-bond donors (Lipinski definition) is 0. The van der Waals surface area contributed by atoms with Crippen LogP contribution >= 0.6 is 0 Å². The van der Waals surface area contributed by atoms with Gasteiger partial charge in [-0.15, -0.1) is 0 Å². The van der Waals surface area contributed by atoms with Crippen molar-refractivity contribution in [2.45, 2.75) is 25.2 Å². The van der Waals surface area contributed by atoms with Crippen LogP contribution < -0.4 is 0 Å². The second-order valence-corrected chi connectivity index (χ2v) is 5.66. The maximum absolute atomic E-state index is 13.8. The maximum Gasteiger partial charge on any atom is 0.222 e. The third kappa shape index (κ3) is 3.52. The van der Waals surface area contributed by atoms with Crippen molar-refractivity contribution in [2.75, 3.05) is 13.1 Å². The van der Waals surface area contributed by atoms with E-state index in [9.17, 15) is 13.6 Å². The number of nitrogens with zero attached hydrogens (tertiary/aromatic N) is 3. The van der Waals surface area contributed by atoms with Gasteiger partial charge in [0, 0.05) is 42.9 Å². The van der Waals surface area contributed by atoms with E-state index in [-0.39, 0.29) is 17.4 Å². The Morgan fingerprint density at radius 3 is 2.74 bits per heavy atom. The molecule has 1 aliphatic rings. The Kier molecular flexibility index (Phi) is 4.60. The predicted molar refractivity (Wildman–Crippen MR) is 80.6 cm³/mol. The van der Waals surface area contributed by atoms with Crippen molar-refractivity contribution in [1.29, 1.82) is 0 Å². The molecule has 1 atom stereocenters. The van der Waals surface area contributed by atoms with Crippen molar-refractivity contribution in [1.82, 2.24) is 14.9 Å². The summed E-state index contributed by atoms with van der Waals surface area (Å²) < 4.78 is 27.7. The molecule has 120 valence electrons. The molecule has 1 unspecified atom stereocenters. The minimum absolute atomic E-state index is 0.0112. The van der Waals surface area contributed by atoms with Crippen LogP contribution in [0.15, 0.2) is 36.8 Å². The van der Waals surface area contributed by atoms with Crippen molar-refractivity contribution in [3.05, 3.63) is 59.7 Å². The number of aromatic nitrogens is 2. The predicted octanol–water partition coefficient (Wildman–Crippen LogP) is 2.70. The van der Waals surface area contributed by atoms with E-state index in [4.69, 9.17) is 0 Å². The molecule has 2 aromatic rings. The molecule has 0 aliphatic carbocycles. The molecule has 1 amide bonds. The summed E-state index contributed by atoms with van der Waals surface area (Å²) >= 11 is 0. The van der Waals surface area contributed by atoms with E-state index in [0.29, 0.717) is 32.4 Å². The maximum atomic E-state index is 13.8. The Labute approximate surface area is 133 Å². The Morgan fingerprint density at radius 1 is 1.26 bits per heavy atom. The monoisotopic (exact) mass is 317 g/mol. The van der Waals surface area contributed by atoms with E-state index in [2.05, 4.69) is 9.97 Å². The van der Waals surface area contributed by atoms with Crippen LogP contribution in [0.25, 0.3) is 0 Å². The molecule has 1 aromatic carbocycles. The van der Waals surface area contributed by atoms with Crippen LogP contribution in [0.3, 0.4) is 0 Å². The second-order valence-electron chi connectivity index (χ2n) is 5.66. The van der Waals surface area contributed by atoms with Gasteiger partial charge in [0.1, 0.15) is 18.0 Å². The Morgan fingerprint density at radius 2 is 2.04 bits per heavy atom. The first kappa shape index (κ1) is 15.5. The third-order valence-corrected chi connectivity index (χ3v) is 4.19. The number of amides is 1. The molecule has 0 saturated carbocycles. The van der Waals surface area contributed by atoms with Crippen molar-refractivity contribution < 1.29 is 13.6 Å². The summed E-state index contributed by atoms with van der Waals surface area (Å²) in [4.78, 5) is 21.9. The first-order valence-electron chi connectivity index (χ1n) is 7.61. The van der Waals surface area contributed by atoms with Gasteiger partial charge in [-0.3, -0.25) is 4.79 Å². The number of rotatable bonds is 4. The highest BCUT2D eigenvalue weighted by Crippen LogP contribution is 2.31. The summed E-state index contributed by atoms with van der Waals surface area (Å²) in [6.45, 7) is 0.890. The molecule has 6 heteroatoms. The van der Waals surface area contributed by atoms with E-state index < -0.39 is 11.6 Å². The molecule has 23 heavy (non-hydrogen) atoms. The van der Waals surface area contributed by atoms with Gasteiger partial charge in [0.25, 0.3) is 0 Å². The van der Waals surface area contributed by atoms with Crippen LogP contribution in [0, 0.1) is 11.6 Å². The van der Waals surface area contributed by atoms with Gasteiger partial charge < -0.3 is 4.90 Å². The zero-order valence-electron chi connectivity index (χ0n) is 12.6. The Bertz CT molecular complexity index is 673. The van der Waals surface area contributed by atoms with Crippen molar-refractivity contribution in [2.24, 2.45) is 0 Å². The van der Waals surface area contributed by atoms with Crippen molar-refractivity contribution in [3.63, 3.8) is 0 Å². The lowest BCUT2D eigenvalue weighted by Gasteiger charge is -2.17. The van der Waals surface area contributed by atoms with Gasteiger partial charge in [-0.1, -0.05) is 6.07 Å². The highest BCUT2D eigenvalue weighted by molar-refractivity contribution is 5.76. The van der Waals surface area contributed by atoms with Crippen LogP contribution in [0.4, 0.5) is 8.78 Å². The fourth-order valence-electron chi connectivity index (χ4n) is 2.98. The summed E-state index contributed by atoms with van der Waals surface area (Å²) in [6, 6.07) is 5.65. The zero-order chi connectivity index (χ0) is 16.2. The number of likely N-dealkylation sites (tertiary alicyclic amines) is 1. The van der Waals surface area contributed by atoms with Gasteiger partial charge in [-0.2, -0.15) is 0 Å². The van der Waals surface area contributed by atoms with Gasteiger partial charge >= 0.3 is 0 Å². The van der Waals surface area contributed by atoms with E-state index in [0.717, 1.165) is 5.69 Å². The molecular weight excluding hydrogens is 300 g/mol. The third-order valence-electron chi connectivity index (χ3n) is 4.19. The van der Waals surface area contributed by atoms with E-state index in [1.807, 2.05) is 0 Å². The summed E-state index contributed by atoms with van der Waals surface area (Å²) in [5.74, 6) is -1.36. The molecule has 2 heterocycles. The molecule has 0 bridgehead atoms. The molecule has 3 rings (SSSR count). The minimum Gasteiger partial charge on any atom is -0.342 e. The summed E-state index contributed by atoms with van der Waals surface area (Å²) in [5.41, 5.74) is 0.905. The average molecular weight is 317 g/mol. The van der Waals surface area contributed by atoms with E-state index >= 15 is 0 Å². The minimum atomic E-state index is -0.537. The van der Waals surface area contributed by atoms with Gasteiger partial charge in [-0.05, 0) is 31.0 Å². The van der Waals surface area contributed by atoms with Crippen LogP contribution in [0.5, 0.6) is 0 Å². The lowest BCUT2D eigenvalue weighted by atomic mass is 9.97. The molecule has 1 aromatic heterocycles. The molecule has 1 fully saturated rings. The first-order valence-corrected chi connectivity index (χ1v) is 7.61. The zero-order valence-corrected chi connectivity index (χ0v) is 12.6. The molecule has 4 nitrogen and oxygen atoms in total. The van der Waals surface area contributed by atoms with Gasteiger partial charge in [0.2, 0.25) is 5.91 Å². The second kappa shape index (κ2) is 6.81. The molecular formula is C17H17F2N3O. The fourth-order valence-corrected chi connectivity index (χ4v) is 2.98. The average Bonchev–Trinajstić information content (AvgIpc) is 3.03. The summed E-state index contributed by atoms with van der Waals surface area (Å²) in [7, 11) is 0. The number of hydrogen-bond acceptors (Lipinski definition) is 3. The van der Waals surface area contributed by atoms with Crippen LogP contribution in [0.1, 0.15) is 30.0 Å². The Balaban J connectivity index is 1.60. The van der Waals surface area contributed by atoms with E-state index in [1.165, 1.54) is 24.5 Å². The van der Waals surface area contributed by atoms with Gasteiger partial charge in [0.05, 0.1) is 0 Å². The fraction of sp³-hybridized carbons (Fsp3) is 0.353. The van der Waals surface area contributed by atoms with Crippen molar-refractivity contribution >= 4 is 5.91 Å². The van der Waals surface area contributed by atoms with Gasteiger partial charge in [-0.25, -0.2) is 18.7 Å². The van der Waals surface area contributed by atoms with Crippen LogP contribution in [-0.4, -0.2) is 33.9 Å². The highest BCUT2D eigenvalue weighted by atomic mass is 19.1. The van der Waals surface area contributed by atoms with Crippen LogP contribution in [0.2, 0.25) is 0 Å². The molecule has 0 radical (unpaired) electrons. The highest BCUT2D eigenvalue weighted by Gasteiger charge is 2.30. The number of halogens is 2. The van der Waals surface area contributed by atoms with Crippen LogP contribution in [-0.2, 0) is 11.2 Å². The quantitative estimate of drug-likeness (QED) is 0.871. The summed E-state index contributed by atoms with van der Waals surface area (Å²) in [6.07, 6.45) is 4.55. The lowest BCUT2D eigenvalue weighted by Crippen LogP contribution is -2.28. The number of carbonyl (C=O) groups excluding carboxylic acids is 1. The Hall–Kier alpha value is -2.37. The topological polar surface area (TPSA) is 46.1 Å². The number of benzene rings is 1. The molecule has 1 saturated heterocycles. The largest absolute Gasteiger partial charge is 0.342 e. The SMILES string of the molecule is O=C(CCc1ccncn1)N1CCC(c2c(F)cccc2F)C1. The van der Waals surface area contributed by atoms with Gasteiger partial charge in [0.15, 0.2) is 0 Å². The molecule has 1 aliphatic heterocycles. The lowest BCUT2D eigenvalue weighted by molar-refractivity contribution is -0.130. The standard InChI is InChI=1S/C17H17F2N3O/c18-14-2-1-3-15(19)17(14)12-7-9-22(10-12)16(23)5-4-13-6-8-20-11-21-13/h1-3,6,8,11-12H,4-5,7,9-10H2. The van der Waals surface area contributed by atoms with Crippen molar-refractivity contribution in [3.8, 4) is 0 Å². The number of carbonyl (C=O) groups is 1.